The Balaban J connectivity index is 0.000000921. The quantitative estimate of drug-likeness (QED) is 0.657. The molecular weight excluding hydrogens is 267 g/mol. The third kappa shape index (κ3) is 4.66. The van der Waals surface area contributed by atoms with E-state index in [0.29, 0.717) is 0 Å². The predicted molar refractivity (Wildman–Crippen MR) is 80.5 cm³/mol. The molecule has 0 aromatic heterocycles. The van der Waals surface area contributed by atoms with Crippen LogP contribution in [0.3, 0.4) is 0 Å². The Morgan fingerprint density at radius 2 is 1.47 bits per heavy atom. The molecule has 0 bridgehead atoms. The second kappa shape index (κ2) is 4.97. The number of aryl methyl sites for hydroxylation is 2. The van der Waals surface area contributed by atoms with Crippen molar-refractivity contribution >= 4 is 26.1 Å². The number of rotatable bonds is 1. The molecule has 0 aliphatic heterocycles. The third-order valence-corrected chi connectivity index (χ3v) is 5.43. The van der Waals surface area contributed by atoms with Gasteiger partial charge >= 0.3 is 89.3 Å². The number of hydrogen-bond donors (Lipinski definition) is 0. The van der Waals surface area contributed by atoms with Crippen molar-refractivity contribution in [1.82, 2.24) is 0 Å². The number of hydrogen-bond acceptors (Lipinski definition) is 0. The van der Waals surface area contributed by atoms with Crippen molar-refractivity contribution in [3.63, 3.8) is 0 Å². The molecule has 0 nitrogen and oxygen atoms in total. The van der Waals surface area contributed by atoms with Gasteiger partial charge in [-0.1, -0.05) is 13.8 Å². The van der Waals surface area contributed by atoms with Crippen LogP contribution in [-0.2, 0) is 0 Å². The topological polar surface area (TPSA) is 0 Å². The molecule has 0 atom stereocenters. The molecule has 0 heterocycles. The summed E-state index contributed by atoms with van der Waals surface area (Å²) in [6.07, 6.45) is 0. The van der Waals surface area contributed by atoms with Gasteiger partial charge in [-0.05, 0) is 0 Å². The summed E-state index contributed by atoms with van der Waals surface area (Å²) in [5.74, 6) is 0. The van der Waals surface area contributed by atoms with E-state index in [1.807, 2.05) is 13.8 Å². The van der Waals surface area contributed by atoms with Gasteiger partial charge in [0.2, 0.25) is 0 Å². The normalized spacial score (nSPS) is 13.5. The van der Waals surface area contributed by atoms with Crippen LogP contribution in [0.5, 0.6) is 0 Å². The Kier molecular flexibility index (Phi) is 5.02. The minimum atomic E-state index is -1.76. The van der Waals surface area contributed by atoms with Crippen LogP contribution in [0.1, 0.15) is 25.0 Å². The van der Waals surface area contributed by atoms with E-state index in [9.17, 15) is 0 Å². The molecule has 15 heavy (non-hydrogen) atoms. The standard InChI is InChI=1S/C11H18BrP.C2H6/c1-9-6-7-10(2)11(8-9)13(3,4,5)12;1-2/h6-8H,1-5H3;1-2H3. The van der Waals surface area contributed by atoms with Crippen LogP contribution < -0.4 is 5.30 Å². The molecule has 1 rings (SSSR count). The second-order valence-electron chi connectivity index (χ2n) is 4.89. The maximum atomic E-state index is 3.91. The number of benzene rings is 1. The maximum absolute atomic E-state index is 3.91. The molecule has 0 spiro atoms. The molecule has 1 aromatic carbocycles. The molecule has 0 unspecified atom stereocenters. The van der Waals surface area contributed by atoms with Crippen LogP contribution >= 0.6 is 20.8 Å². The van der Waals surface area contributed by atoms with Crippen LogP contribution in [0.2, 0.25) is 0 Å². The monoisotopic (exact) mass is 290 g/mol. The van der Waals surface area contributed by atoms with Gasteiger partial charge in [0.15, 0.2) is 0 Å². The summed E-state index contributed by atoms with van der Waals surface area (Å²) < 4.78 is 0. The molecule has 0 saturated carbocycles. The van der Waals surface area contributed by atoms with E-state index in [0.717, 1.165) is 0 Å². The van der Waals surface area contributed by atoms with Crippen LogP contribution in [0.4, 0.5) is 0 Å². The SMILES string of the molecule is CC.Cc1ccc(C)c(P(C)(C)(C)Br)c1. The average molecular weight is 291 g/mol. The molecule has 0 aliphatic carbocycles. The van der Waals surface area contributed by atoms with Crippen molar-refractivity contribution in [2.75, 3.05) is 20.0 Å². The number of halogens is 1. The van der Waals surface area contributed by atoms with Crippen molar-refractivity contribution in [3.05, 3.63) is 29.3 Å². The van der Waals surface area contributed by atoms with Gasteiger partial charge in [0.25, 0.3) is 0 Å². The molecule has 1 aromatic rings. The summed E-state index contributed by atoms with van der Waals surface area (Å²) in [4.78, 5) is 0. The van der Waals surface area contributed by atoms with Gasteiger partial charge in [-0.25, -0.2) is 0 Å². The average Bonchev–Trinajstić information content (AvgIpc) is 2.10. The van der Waals surface area contributed by atoms with Crippen molar-refractivity contribution in [2.24, 2.45) is 0 Å². The van der Waals surface area contributed by atoms with Crippen LogP contribution in [0.15, 0.2) is 18.2 Å². The van der Waals surface area contributed by atoms with Crippen molar-refractivity contribution in [1.29, 1.82) is 0 Å². The first-order valence-corrected chi connectivity index (χ1v) is 11.1. The van der Waals surface area contributed by atoms with E-state index in [-0.39, 0.29) is 0 Å². The molecule has 0 saturated heterocycles. The van der Waals surface area contributed by atoms with Gasteiger partial charge in [0.1, 0.15) is 0 Å². The van der Waals surface area contributed by atoms with Gasteiger partial charge in [0.05, 0.1) is 0 Å². The van der Waals surface area contributed by atoms with E-state index in [1.165, 1.54) is 16.4 Å². The van der Waals surface area contributed by atoms with Crippen molar-refractivity contribution in [2.45, 2.75) is 27.7 Å². The summed E-state index contributed by atoms with van der Waals surface area (Å²) in [5, 5.41) is -0.268. The summed E-state index contributed by atoms with van der Waals surface area (Å²) in [6.45, 7) is 15.3. The molecular formula is C13H24BrP. The summed E-state index contributed by atoms with van der Waals surface area (Å²) in [6, 6.07) is 6.69. The molecule has 0 N–H and O–H groups in total. The molecule has 88 valence electrons. The summed E-state index contributed by atoms with van der Waals surface area (Å²) >= 11 is 3.91. The van der Waals surface area contributed by atoms with Crippen LogP contribution in [0, 0.1) is 13.8 Å². The van der Waals surface area contributed by atoms with Crippen LogP contribution in [0.25, 0.3) is 0 Å². The molecule has 2 heteroatoms. The van der Waals surface area contributed by atoms with Crippen molar-refractivity contribution < 1.29 is 0 Å². The predicted octanol–water partition coefficient (Wildman–Crippen LogP) is 4.71. The van der Waals surface area contributed by atoms with Gasteiger partial charge in [-0.15, -0.1) is 0 Å². The summed E-state index contributed by atoms with van der Waals surface area (Å²) in [7, 11) is 0. The fraction of sp³-hybridized carbons (Fsp3) is 0.538. The van der Waals surface area contributed by atoms with Gasteiger partial charge < -0.3 is 0 Å². The minimum absolute atomic E-state index is 1.35. The Morgan fingerprint density at radius 1 is 1.00 bits per heavy atom. The van der Waals surface area contributed by atoms with E-state index < -0.39 is 5.31 Å². The zero-order valence-electron chi connectivity index (χ0n) is 11.1. The first kappa shape index (κ1) is 15.1. The Morgan fingerprint density at radius 3 is 1.80 bits per heavy atom. The van der Waals surface area contributed by atoms with E-state index in [1.54, 1.807) is 0 Å². The second-order valence-corrected chi connectivity index (χ2v) is 18.0. The zero-order valence-corrected chi connectivity index (χ0v) is 13.5. The zero-order chi connectivity index (χ0) is 12.3. The fourth-order valence-electron chi connectivity index (χ4n) is 1.53. The van der Waals surface area contributed by atoms with Gasteiger partial charge in [0, 0.05) is 0 Å². The third-order valence-electron chi connectivity index (χ3n) is 2.18. The first-order chi connectivity index (χ1) is 6.67. The Labute approximate surface area is 103 Å². The first-order valence-electron chi connectivity index (χ1n) is 5.47. The molecule has 0 amide bonds. The Bertz CT molecular complexity index is 325. The van der Waals surface area contributed by atoms with Crippen LogP contribution in [-0.4, -0.2) is 20.0 Å². The Hall–Kier alpha value is 0.130. The van der Waals surface area contributed by atoms with Gasteiger partial charge in [-0.2, -0.15) is 0 Å². The molecule has 0 fully saturated rings. The molecule has 0 aliphatic rings. The van der Waals surface area contributed by atoms with Crippen molar-refractivity contribution in [3.8, 4) is 0 Å². The van der Waals surface area contributed by atoms with E-state index in [2.05, 4.69) is 67.5 Å². The fourth-order valence-corrected chi connectivity index (χ4v) is 4.59. The van der Waals surface area contributed by atoms with E-state index >= 15 is 0 Å². The van der Waals surface area contributed by atoms with Gasteiger partial charge in [-0.3, -0.25) is 0 Å². The molecule has 0 radical (unpaired) electrons. The summed E-state index contributed by atoms with van der Waals surface area (Å²) in [5.41, 5.74) is 2.74. The van der Waals surface area contributed by atoms with E-state index in [4.69, 9.17) is 0 Å².